The molecule has 3 rings (SSSR count). The third-order valence-electron chi connectivity index (χ3n) is 4.47. The number of para-hydroxylation sites is 1. The van der Waals surface area contributed by atoms with E-state index in [2.05, 4.69) is 15.6 Å². The molecule has 0 aliphatic rings. The predicted molar refractivity (Wildman–Crippen MR) is 116 cm³/mol. The van der Waals surface area contributed by atoms with E-state index in [0.29, 0.717) is 17.9 Å². The number of hydrogen-bond acceptors (Lipinski definition) is 6. The molecule has 0 aliphatic heterocycles. The molecule has 0 atom stereocenters. The summed E-state index contributed by atoms with van der Waals surface area (Å²) in [7, 11) is -2.16. The number of hydrogen-bond donors (Lipinski definition) is 3. The van der Waals surface area contributed by atoms with Crippen LogP contribution < -0.4 is 20.3 Å². The van der Waals surface area contributed by atoms with E-state index < -0.39 is 21.8 Å². The van der Waals surface area contributed by atoms with E-state index in [1.165, 1.54) is 25.2 Å². The monoisotopic (exact) mass is 457 g/mol. The van der Waals surface area contributed by atoms with Gasteiger partial charge in [-0.15, -0.1) is 0 Å². The molecule has 0 fully saturated rings. The molecule has 0 saturated heterocycles. The molecule has 0 unspecified atom stereocenters. The van der Waals surface area contributed by atoms with Gasteiger partial charge in [0.25, 0.3) is 0 Å². The van der Waals surface area contributed by atoms with Crippen LogP contribution >= 0.6 is 0 Å². The van der Waals surface area contributed by atoms with Gasteiger partial charge in [-0.25, -0.2) is 13.1 Å². The van der Waals surface area contributed by atoms with Gasteiger partial charge in [0.2, 0.25) is 15.9 Å². The molecule has 1 aromatic heterocycles. The van der Waals surface area contributed by atoms with E-state index in [1.54, 1.807) is 18.2 Å². The van der Waals surface area contributed by atoms with Gasteiger partial charge in [-0.3, -0.25) is 20.4 Å². The highest BCUT2D eigenvalue weighted by molar-refractivity contribution is 7.89. The number of hydrazine groups is 1. The number of carbonyl (C=O) groups is 2. The van der Waals surface area contributed by atoms with Crippen molar-refractivity contribution in [2.75, 3.05) is 7.05 Å². The van der Waals surface area contributed by atoms with Crippen molar-refractivity contribution in [1.82, 2.24) is 15.6 Å². The number of carbonyl (C=O) groups excluding carboxylic acids is 2. The number of aryl methyl sites for hydroxylation is 1. The van der Waals surface area contributed by atoms with Gasteiger partial charge in [0.15, 0.2) is 5.76 Å². The highest BCUT2D eigenvalue weighted by Crippen LogP contribution is 2.14. The van der Waals surface area contributed by atoms with Gasteiger partial charge in [0.1, 0.15) is 18.1 Å². The Bertz CT molecular complexity index is 1160. The van der Waals surface area contributed by atoms with Crippen LogP contribution in [-0.4, -0.2) is 27.3 Å². The lowest BCUT2D eigenvalue weighted by molar-refractivity contribution is -0.121. The zero-order chi connectivity index (χ0) is 23.0. The number of ether oxygens (including phenoxy) is 1. The zero-order valence-corrected chi connectivity index (χ0v) is 18.1. The standard InChI is InChI=1S/C22H23N3O6S/c1-23-32(28,29)19-11-7-16(8-12-19)9-14-21(26)24-25-22(27)20-13-10-18(31-20)15-30-17-5-3-2-4-6-17/h2-8,10-13,23H,9,14-15H2,1H3,(H,24,26)(H,25,27). The second-order valence-corrected chi connectivity index (χ2v) is 8.61. The van der Waals surface area contributed by atoms with Crippen molar-refractivity contribution in [2.45, 2.75) is 24.3 Å². The molecule has 32 heavy (non-hydrogen) atoms. The second-order valence-electron chi connectivity index (χ2n) is 6.72. The summed E-state index contributed by atoms with van der Waals surface area (Å²) in [6.45, 7) is 0.165. The first-order valence-electron chi connectivity index (χ1n) is 9.75. The van der Waals surface area contributed by atoms with Gasteiger partial charge in [-0.1, -0.05) is 30.3 Å². The van der Waals surface area contributed by atoms with Gasteiger partial charge in [0, 0.05) is 6.42 Å². The molecule has 2 aromatic carbocycles. The normalized spacial score (nSPS) is 11.0. The summed E-state index contributed by atoms with van der Waals surface area (Å²) in [6.07, 6.45) is 0.482. The molecule has 1 heterocycles. The minimum atomic E-state index is -3.50. The van der Waals surface area contributed by atoms with Crippen LogP contribution in [0.25, 0.3) is 0 Å². The molecular formula is C22H23N3O6S. The summed E-state index contributed by atoms with van der Waals surface area (Å²) in [5, 5.41) is 0. The highest BCUT2D eigenvalue weighted by atomic mass is 32.2. The molecule has 2 amide bonds. The maximum atomic E-state index is 12.1. The van der Waals surface area contributed by atoms with Crippen LogP contribution in [0.3, 0.4) is 0 Å². The Labute approximate surface area is 185 Å². The lowest BCUT2D eigenvalue weighted by Gasteiger charge is -2.07. The fourth-order valence-corrected chi connectivity index (χ4v) is 3.44. The van der Waals surface area contributed by atoms with E-state index >= 15 is 0 Å². The minimum absolute atomic E-state index is 0.0401. The second kappa shape index (κ2) is 10.6. The van der Waals surface area contributed by atoms with Crippen molar-refractivity contribution in [2.24, 2.45) is 0 Å². The van der Waals surface area contributed by atoms with Crippen molar-refractivity contribution >= 4 is 21.8 Å². The molecule has 10 heteroatoms. The van der Waals surface area contributed by atoms with Crippen molar-refractivity contribution in [3.63, 3.8) is 0 Å². The SMILES string of the molecule is CNS(=O)(=O)c1ccc(CCC(=O)NNC(=O)c2ccc(COc3ccccc3)o2)cc1. The summed E-state index contributed by atoms with van der Waals surface area (Å²) < 4.78 is 36.7. The van der Waals surface area contributed by atoms with Crippen LogP contribution in [-0.2, 0) is 27.8 Å². The Morgan fingerprint density at radius 2 is 1.66 bits per heavy atom. The third-order valence-corrected chi connectivity index (χ3v) is 5.90. The molecule has 3 aromatic rings. The summed E-state index contributed by atoms with van der Waals surface area (Å²) in [5.74, 6) is 0.197. The summed E-state index contributed by atoms with van der Waals surface area (Å²) >= 11 is 0. The molecule has 0 aliphatic carbocycles. The van der Waals surface area contributed by atoms with E-state index in [9.17, 15) is 18.0 Å². The van der Waals surface area contributed by atoms with E-state index in [4.69, 9.17) is 9.15 Å². The molecule has 3 N–H and O–H groups in total. The maximum absolute atomic E-state index is 12.1. The number of rotatable bonds is 9. The lowest BCUT2D eigenvalue weighted by Crippen LogP contribution is -2.41. The first kappa shape index (κ1) is 23.0. The molecule has 0 saturated carbocycles. The number of amides is 2. The fraction of sp³-hybridized carbons (Fsp3) is 0.182. The van der Waals surface area contributed by atoms with Crippen molar-refractivity contribution in [1.29, 1.82) is 0 Å². The van der Waals surface area contributed by atoms with Gasteiger partial charge in [-0.2, -0.15) is 0 Å². The van der Waals surface area contributed by atoms with E-state index in [-0.39, 0.29) is 23.7 Å². The average Bonchev–Trinajstić information content (AvgIpc) is 3.30. The number of sulfonamides is 1. The fourth-order valence-electron chi connectivity index (χ4n) is 2.71. The third kappa shape index (κ3) is 6.43. The Balaban J connectivity index is 1.42. The van der Waals surface area contributed by atoms with E-state index in [1.807, 2.05) is 30.3 Å². The van der Waals surface area contributed by atoms with Crippen molar-refractivity contribution in [3.05, 3.63) is 83.8 Å². The number of nitrogens with one attached hydrogen (secondary N) is 3. The topological polar surface area (TPSA) is 127 Å². The molecule has 0 bridgehead atoms. The first-order valence-corrected chi connectivity index (χ1v) is 11.2. The quantitative estimate of drug-likeness (QED) is 0.423. The Kier molecular flexibility index (Phi) is 7.63. The van der Waals surface area contributed by atoms with Crippen LogP contribution in [0.4, 0.5) is 0 Å². The van der Waals surface area contributed by atoms with Crippen LogP contribution in [0.5, 0.6) is 5.75 Å². The first-order chi connectivity index (χ1) is 15.4. The molecule has 0 spiro atoms. The molecular weight excluding hydrogens is 434 g/mol. The van der Waals surface area contributed by atoms with Gasteiger partial charge >= 0.3 is 5.91 Å². The van der Waals surface area contributed by atoms with Crippen LogP contribution in [0, 0.1) is 0 Å². The average molecular weight is 458 g/mol. The lowest BCUT2D eigenvalue weighted by atomic mass is 10.1. The van der Waals surface area contributed by atoms with Crippen LogP contribution in [0.2, 0.25) is 0 Å². The van der Waals surface area contributed by atoms with Gasteiger partial charge in [0.05, 0.1) is 4.90 Å². The molecule has 9 nitrogen and oxygen atoms in total. The Hall–Kier alpha value is -3.63. The summed E-state index contributed by atoms with van der Waals surface area (Å²) in [4.78, 5) is 24.3. The maximum Gasteiger partial charge on any atom is 0.305 e. The summed E-state index contributed by atoms with van der Waals surface area (Å²) in [6, 6.07) is 18.5. The number of furan rings is 1. The largest absolute Gasteiger partial charge is 0.486 e. The highest BCUT2D eigenvalue weighted by Gasteiger charge is 2.13. The van der Waals surface area contributed by atoms with Crippen molar-refractivity contribution < 1.29 is 27.2 Å². The minimum Gasteiger partial charge on any atom is -0.486 e. The predicted octanol–water partition coefficient (Wildman–Crippen LogP) is 2.16. The number of benzene rings is 2. The Morgan fingerprint density at radius 1 is 0.938 bits per heavy atom. The van der Waals surface area contributed by atoms with Crippen LogP contribution in [0.15, 0.2) is 76.0 Å². The Morgan fingerprint density at radius 3 is 2.34 bits per heavy atom. The summed E-state index contributed by atoms with van der Waals surface area (Å²) in [5.41, 5.74) is 5.41. The zero-order valence-electron chi connectivity index (χ0n) is 17.3. The van der Waals surface area contributed by atoms with Crippen LogP contribution in [0.1, 0.15) is 28.3 Å². The van der Waals surface area contributed by atoms with Crippen molar-refractivity contribution in [3.8, 4) is 5.75 Å². The molecule has 0 radical (unpaired) electrons. The van der Waals surface area contributed by atoms with E-state index in [0.717, 1.165) is 5.56 Å². The molecule has 168 valence electrons. The smallest absolute Gasteiger partial charge is 0.305 e. The van der Waals surface area contributed by atoms with Gasteiger partial charge < -0.3 is 9.15 Å². The van der Waals surface area contributed by atoms with Gasteiger partial charge in [-0.05, 0) is 55.4 Å².